The largest absolute Gasteiger partial charge is 0.350 e. The number of halogens is 2. The minimum Gasteiger partial charge on any atom is -0.350 e. The second-order valence-corrected chi connectivity index (χ2v) is 5.09. The molecular weight excluding hydrogens is 327 g/mol. The number of hydrogen-bond donors (Lipinski definition) is 1. The molecule has 1 heterocycles. The van der Waals surface area contributed by atoms with Gasteiger partial charge >= 0.3 is 0 Å². The van der Waals surface area contributed by atoms with Crippen LogP contribution in [0.3, 0.4) is 0 Å². The third-order valence-electron chi connectivity index (χ3n) is 2.70. The molecule has 20 heavy (non-hydrogen) atoms. The summed E-state index contributed by atoms with van der Waals surface area (Å²) in [6.07, 6.45) is 1.53. The van der Waals surface area contributed by atoms with Crippen molar-refractivity contribution < 1.29 is 9.18 Å². The van der Waals surface area contributed by atoms with Gasteiger partial charge in [0.25, 0.3) is 5.56 Å². The highest BCUT2D eigenvalue weighted by Crippen LogP contribution is 2.15. The maximum atomic E-state index is 13.5. The number of carbonyl (C=O) groups excluding carboxylic acids is 1. The Labute approximate surface area is 123 Å². The number of nitrogens with zero attached hydrogens (tertiary/aromatic N) is 1. The van der Waals surface area contributed by atoms with E-state index in [0.29, 0.717) is 5.56 Å². The second kappa shape index (κ2) is 6.47. The lowest BCUT2D eigenvalue weighted by molar-refractivity contribution is -0.121. The van der Waals surface area contributed by atoms with E-state index in [4.69, 9.17) is 0 Å². The van der Waals surface area contributed by atoms with Crippen LogP contribution in [0.25, 0.3) is 0 Å². The zero-order valence-corrected chi connectivity index (χ0v) is 12.1. The normalized spacial score (nSPS) is 10.3. The molecule has 0 radical (unpaired) electrons. The summed E-state index contributed by atoms with van der Waals surface area (Å²) >= 11 is 3.24. The molecule has 4 nitrogen and oxygen atoms in total. The predicted molar refractivity (Wildman–Crippen MR) is 76.6 cm³/mol. The molecule has 0 saturated heterocycles. The van der Waals surface area contributed by atoms with Crippen LogP contribution < -0.4 is 10.9 Å². The van der Waals surface area contributed by atoms with Crippen LogP contribution in [0.2, 0.25) is 0 Å². The fourth-order valence-corrected chi connectivity index (χ4v) is 2.08. The zero-order chi connectivity index (χ0) is 14.5. The molecule has 0 aliphatic rings. The first kappa shape index (κ1) is 14.5. The van der Waals surface area contributed by atoms with Crippen LogP contribution in [-0.2, 0) is 17.9 Å². The topological polar surface area (TPSA) is 51.1 Å². The SMILES string of the molecule is O=C(Cn1ccccc1=O)NCc1cc(Br)ccc1F. The molecule has 0 spiro atoms. The van der Waals surface area contributed by atoms with Gasteiger partial charge in [0.1, 0.15) is 12.4 Å². The molecule has 2 aromatic rings. The Bertz CT molecular complexity index is 685. The molecule has 0 fully saturated rings. The first-order valence-electron chi connectivity index (χ1n) is 5.92. The number of rotatable bonds is 4. The molecule has 2 rings (SSSR count). The Kier molecular flexibility index (Phi) is 4.68. The summed E-state index contributed by atoms with van der Waals surface area (Å²) in [7, 11) is 0. The fraction of sp³-hybridized carbons (Fsp3) is 0.143. The lowest BCUT2D eigenvalue weighted by Gasteiger charge is -2.08. The van der Waals surface area contributed by atoms with E-state index in [0.717, 1.165) is 4.47 Å². The number of benzene rings is 1. The Morgan fingerprint density at radius 3 is 2.85 bits per heavy atom. The third kappa shape index (κ3) is 3.77. The number of hydrogen-bond acceptors (Lipinski definition) is 2. The van der Waals surface area contributed by atoms with E-state index in [1.807, 2.05) is 0 Å². The first-order chi connectivity index (χ1) is 9.56. The van der Waals surface area contributed by atoms with Crippen molar-refractivity contribution in [3.05, 3.63) is 68.8 Å². The number of amides is 1. The van der Waals surface area contributed by atoms with E-state index in [-0.39, 0.29) is 30.4 Å². The van der Waals surface area contributed by atoms with Crippen molar-refractivity contribution in [3.63, 3.8) is 0 Å². The molecule has 1 amide bonds. The van der Waals surface area contributed by atoms with Crippen molar-refractivity contribution in [3.8, 4) is 0 Å². The van der Waals surface area contributed by atoms with E-state index in [2.05, 4.69) is 21.2 Å². The molecule has 1 N–H and O–H groups in total. The third-order valence-corrected chi connectivity index (χ3v) is 3.19. The fourth-order valence-electron chi connectivity index (χ4n) is 1.67. The van der Waals surface area contributed by atoms with Gasteiger partial charge in [-0.25, -0.2) is 4.39 Å². The number of pyridine rings is 1. The molecule has 6 heteroatoms. The minimum atomic E-state index is -0.384. The summed E-state index contributed by atoms with van der Waals surface area (Å²) in [5, 5.41) is 2.58. The van der Waals surface area contributed by atoms with Gasteiger partial charge in [0.15, 0.2) is 0 Å². The van der Waals surface area contributed by atoms with Gasteiger partial charge in [0.05, 0.1) is 0 Å². The van der Waals surface area contributed by atoms with Crippen molar-refractivity contribution in [2.24, 2.45) is 0 Å². The lowest BCUT2D eigenvalue weighted by atomic mass is 10.2. The van der Waals surface area contributed by atoms with Gasteiger partial charge in [-0.3, -0.25) is 9.59 Å². The molecule has 1 aromatic carbocycles. The highest BCUT2D eigenvalue weighted by molar-refractivity contribution is 9.10. The summed E-state index contributed by atoms with van der Waals surface area (Å²) in [6.45, 7) is -0.0129. The van der Waals surface area contributed by atoms with Gasteiger partial charge in [-0.15, -0.1) is 0 Å². The average Bonchev–Trinajstić information content (AvgIpc) is 2.42. The first-order valence-corrected chi connectivity index (χ1v) is 6.71. The number of nitrogens with one attached hydrogen (secondary N) is 1. The van der Waals surface area contributed by atoms with Crippen molar-refractivity contribution in [2.45, 2.75) is 13.1 Å². The van der Waals surface area contributed by atoms with Crippen LogP contribution >= 0.6 is 15.9 Å². The van der Waals surface area contributed by atoms with Crippen LogP contribution in [0.4, 0.5) is 4.39 Å². The predicted octanol–water partition coefficient (Wildman–Crippen LogP) is 2.07. The number of carbonyl (C=O) groups is 1. The molecule has 0 unspecified atom stereocenters. The standard InChI is InChI=1S/C14H12BrFN2O2/c15-11-4-5-12(16)10(7-11)8-17-13(19)9-18-6-2-1-3-14(18)20/h1-7H,8-9H2,(H,17,19). The van der Waals surface area contributed by atoms with Gasteiger partial charge in [-0.1, -0.05) is 22.0 Å². The lowest BCUT2D eigenvalue weighted by Crippen LogP contribution is -2.31. The van der Waals surface area contributed by atoms with Crippen LogP contribution in [-0.4, -0.2) is 10.5 Å². The summed E-state index contributed by atoms with van der Waals surface area (Å²) in [5.74, 6) is -0.733. The summed E-state index contributed by atoms with van der Waals surface area (Å²) in [6, 6.07) is 9.17. The van der Waals surface area contributed by atoms with Crippen molar-refractivity contribution in [1.29, 1.82) is 0 Å². The average molecular weight is 339 g/mol. The van der Waals surface area contributed by atoms with Gasteiger partial charge in [-0.05, 0) is 24.3 Å². The van der Waals surface area contributed by atoms with E-state index in [1.165, 1.54) is 22.9 Å². The molecule has 0 atom stereocenters. The maximum absolute atomic E-state index is 13.5. The summed E-state index contributed by atoms with van der Waals surface area (Å²) in [5.41, 5.74) is 0.129. The smallest absolute Gasteiger partial charge is 0.250 e. The van der Waals surface area contributed by atoms with E-state index >= 15 is 0 Å². The Balaban J connectivity index is 1.98. The molecule has 0 aliphatic carbocycles. The van der Waals surface area contributed by atoms with Crippen LogP contribution in [0.5, 0.6) is 0 Å². The van der Waals surface area contributed by atoms with Crippen molar-refractivity contribution in [2.75, 3.05) is 0 Å². The van der Waals surface area contributed by atoms with E-state index in [9.17, 15) is 14.0 Å². The Hall–Kier alpha value is -1.95. The van der Waals surface area contributed by atoms with Gasteiger partial charge < -0.3 is 9.88 Å². The molecule has 1 aromatic heterocycles. The summed E-state index contributed by atoms with van der Waals surface area (Å²) < 4.78 is 15.5. The van der Waals surface area contributed by atoms with Crippen molar-refractivity contribution in [1.82, 2.24) is 9.88 Å². The van der Waals surface area contributed by atoms with Gasteiger partial charge in [-0.2, -0.15) is 0 Å². The molecule has 104 valence electrons. The molecule has 0 saturated carbocycles. The van der Waals surface area contributed by atoms with Crippen LogP contribution in [0.15, 0.2) is 51.9 Å². The van der Waals surface area contributed by atoms with Crippen LogP contribution in [0.1, 0.15) is 5.56 Å². The molecule has 0 aliphatic heterocycles. The Morgan fingerprint density at radius 1 is 1.30 bits per heavy atom. The van der Waals surface area contributed by atoms with Crippen LogP contribution in [0, 0.1) is 5.82 Å². The van der Waals surface area contributed by atoms with Gasteiger partial charge in [0, 0.05) is 28.8 Å². The highest BCUT2D eigenvalue weighted by atomic mass is 79.9. The number of aromatic nitrogens is 1. The molecule has 0 bridgehead atoms. The maximum Gasteiger partial charge on any atom is 0.250 e. The minimum absolute atomic E-state index is 0.0751. The molecular formula is C14H12BrFN2O2. The van der Waals surface area contributed by atoms with Gasteiger partial charge in [0.2, 0.25) is 5.91 Å². The summed E-state index contributed by atoms with van der Waals surface area (Å²) in [4.78, 5) is 23.2. The monoisotopic (exact) mass is 338 g/mol. The van der Waals surface area contributed by atoms with E-state index in [1.54, 1.807) is 24.3 Å². The van der Waals surface area contributed by atoms with Crippen molar-refractivity contribution >= 4 is 21.8 Å². The Morgan fingerprint density at radius 2 is 2.10 bits per heavy atom. The highest BCUT2D eigenvalue weighted by Gasteiger charge is 2.07. The quantitative estimate of drug-likeness (QED) is 0.927. The second-order valence-electron chi connectivity index (χ2n) is 4.18. The zero-order valence-electron chi connectivity index (χ0n) is 10.5. The van der Waals surface area contributed by atoms with E-state index < -0.39 is 0 Å².